The lowest BCUT2D eigenvalue weighted by atomic mass is 9.82. The maximum Gasteiger partial charge on any atom is 0.309 e. The van der Waals surface area contributed by atoms with Crippen molar-refractivity contribution in [1.29, 1.82) is 0 Å². The van der Waals surface area contributed by atoms with E-state index in [1.807, 2.05) is 6.07 Å². The molecule has 19 heavy (non-hydrogen) atoms. The van der Waals surface area contributed by atoms with Gasteiger partial charge in [-0.1, -0.05) is 30.3 Å². The van der Waals surface area contributed by atoms with Crippen LogP contribution >= 0.6 is 0 Å². The van der Waals surface area contributed by atoms with Crippen LogP contribution < -0.4 is 0 Å². The van der Waals surface area contributed by atoms with Gasteiger partial charge in [0.2, 0.25) is 0 Å². The van der Waals surface area contributed by atoms with Crippen molar-refractivity contribution in [1.82, 2.24) is 14.8 Å². The van der Waals surface area contributed by atoms with Crippen molar-refractivity contribution in [3.63, 3.8) is 0 Å². The maximum atomic E-state index is 11.2. The summed E-state index contributed by atoms with van der Waals surface area (Å²) in [7, 11) is 0. The zero-order chi connectivity index (χ0) is 13.9. The van der Waals surface area contributed by atoms with Crippen LogP contribution in [0, 0.1) is 5.92 Å². The molecule has 0 saturated heterocycles. The minimum absolute atomic E-state index is 0.0322. The second kappa shape index (κ2) is 5.19. The highest BCUT2D eigenvalue weighted by molar-refractivity contribution is 5.71. The van der Waals surface area contributed by atoms with E-state index in [9.17, 15) is 15.0 Å². The van der Waals surface area contributed by atoms with Gasteiger partial charge in [-0.2, -0.15) is 5.10 Å². The molecular formula is C13H15N3O3. The molecule has 2 rings (SSSR count). The summed E-state index contributed by atoms with van der Waals surface area (Å²) in [5.74, 6) is -2.04. The van der Waals surface area contributed by atoms with E-state index < -0.39 is 17.5 Å². The molecule has 100 valence electrons. The lowest BCUT2D eigenvalue weighted by Gasteiger charge is -2.32. The number of carbonyl (C=O) groups is 1. The van der Waals surface area contributed by atoms with Crippen molar-refractivity contribution in [3.05, 3.63) is 48.5 Å². The fraction of sp³-hybridized carbons (Fsp3) is 0.308. The SMILES string of the molecule is CC(C(=O)O)C(O)(Cn1cncn1)c1ccccc1. The number of aliphatic carboxylic acids is 1. The predicted octanol–water partition coefficient (Wildman–Crippen LogP) is 0.887. The molecule has 0 saturated carbocycles. The zero-order valence-corrected chi connectivity index (χ0v) is 10.5. The van der Waals surface area contributed by atoms with Crippen molar-refractivity contribution in [2.24, 2.45) is 5.92 Å². The molecule has 6 heteroatoms. The first-order valence-electron chi connectivity index (χ1n) is 5.87. The van der Waals surface area contributed by atoms with E-state index in [-0.39, 0.29) is 6.54 Å². The summed E-state index contributed by atoms with van der Waals surface area (Å²) in [6.07, 6.45) is 2.79. The molecule has 0 aliphatic heterocycles. The van der Waals surface area contributed by atoms with Crippen molar-refractivity contribution < 1.29 is 15.0 Å². The average molecular weight is 261 g/mol. The van der Waals surface area contributed by atoms with E-state index in [1.54, 1.807) is 24.3 Å². The van der Waals surface area contributed by atoms with Crippen LogP contribution in [-0.4, -0.2) is 30.9 Å². The van der Waals surface area contributed by atoms with E-state index >= 15 is 0 Å². The molecule has 2 aromatic rings. The molecule has 1 heterocycles. The van der Waals surface area contributed by atoms with Gasteiger partial charge in [-0.15, -0.1) is 0 Å². The Morgan fingerprint density at radius 3 is 2.63 bits per heavy atom. The molecule has 6 nitrogen and oxygen atoms in total. The third-order valence-corrected chi connectivity index (χ3v) is 3.23. The number of carboxylic acids is 1. The Hall–Kier alpha value is -2.21. The van der Waals surface area contributed by atoms with Crippen LogP contribution in [0.3, 0.4) is 0 Å². The van der Waals surface area contributed by atoms with E-state index in [1.165, 1.54) is 24.3 Å². The Morgan fingerprint density at radius 2 is 2.11 bits per heavy atom. The molecule has 0 bridgehead atoms. The van der Waals surface area contributed by atoms with E-state index in [0.717, 1.165) is 0 Å². The van der Waals surface area contributed by atoms with Gasteiger partial charge in [-0.05, 0) is 12.5 Å². The highest BCUT2D eigenvalue weighted by atomic mass is 16.4. The van der Waals surface area contributed by atoms with Gasteiger partial charge >= 0.3 is 5.97 Å². The standard InChI is InChI=1S/C13H15N3O3/c1-10(12(17)18)13(19,7-16-9-14-8-15-16)11-5-3-2-4-6-11/h2-6,8-10,19H,7H2,1H3,(H,17,18). The van der Waals surface area contributed by atoms with Gasteiger partial charge < -0.3 is 10.2 Å². The normalized spacial score (nSPS) is 15.7. The Labute approximate surface area is 110 Å². The first kappa shape index (κ1) is 13.2. The number of hydrogen-bond donors (Lipinski definition) is 2. The number of aliphatic hydroxyl groups is 1. The summed E-state index contributed by atoms with van der Waals surface area (Å²) in [6.45, 7) is 1.51. The molecule has 1 aromatic heterocycles. The predicted molar refractivity (Wildman–Crippen MR) is 67.2 cm³/mol. The number of hydrogen-bond acceptors (Lipinski definition) is 4. The highest BCUT2D eigenvalue weighted by Gasteiger charge is 2.40. The minimum Gasteiger partial charge on any atom is -0.481 e. The van der Waals surface area contributed by atoms with Crippen molar-refractivity contribution in [2.45, 2.75) is 19.1 Å². The third-order valence-electron chi connectivity index (χ3n) is 3.23. The lowest BCUT2D eigenvalue weighted by Crippen LogP contribution is -2.42. The van der Waals surface area contributed by atoms with Gasteiger partial charge in [0, 0.05) is 0 Å². The molecule has 0 fully saturated rings. The molecule has 0 aliphatic carbocycles. The Bertz CT molecular complexity index is 542. The summed E-state index contributed by atoms with van der Waals surface area (Å²) in [4.78, 5) is 15.0. The Morgan fingerprint density at radius 1 is 1.42 bits per heavy atom. The molecule has 0 spiro atoms. The minimum atomic E-state index is -1.54. The van der Waals surface area contributed by atoms with Gasteiger partial charge in [-0.3, -0.25) is 4.79 Å². The van der Waals surface area contributed by atoms with Crippen LogP contribution in [0.5, 0.6) is 0 Å². The van der Waals surface area contributed by atoms with E-state index in [4.69, 9.17) is 0 Å². The van der Waals surface area contributed by atoms with Gasteiger partial charge in [0.25, 0.3) is 0 Å². The second-order valence-corrected chi connectivity index (χ2v) is 4.44. The molecule has 2 N–H and O–H groups in total. The van der Waals surface area contributed by atoms with Crippen LogP contribution in [0.1, 0.15) is 12.5 Å². The van der Waals surface area contributed by atoms with E-state index in [0.29, 0.717) is 5.56 Å². The smallest absolute Gasteiger partial charge is 0.309 e. The summed E-state index contributed by atoms with van der Waals surface area (Å²) in [6, 6.07) is 8.74. The lowest BCUT2D eigenvalue weighted by molar-refractivity contribution is -0.153. The highest BCUT2D eigenvalue weighted by Crippen LogP contribution is 2.31. The summed E-state index contributed by atoms with van der Waals surface area (Å²) in [5, 5.41) is 23.9. The summed E-state index contributed by atoms with van der Waals surface area (Å²) < 4.78 is 1.42. The number of nitrogens with zero attached hydrogens (tertiary/aromatic N) is 3. The van der Waals surface area contributed by atoms with Crippen LogP contribution in [0.15, 0.2) is 43.0 Å². The maximum absolute atomic E-state index is 11.2. The van der Waals surface area contributed by atoms with Crippen LogP contribution in [0.2, 0.25) is 0 Å². The number of carboxylic acid groups (broad SMARTS) is 1. The first-order chi connectivity index (χ1) is 9.04. The third kappa shape index (κ3) is 2.63. The van der Waals surface area contributed by atoms with Crippen LogP contribution in [-0.2, 0) is 16.9 Å². The largest absolute Gasteiger partial charge is 0.481 e. The van der Waals surface area contributed by atoms with Crippen LogP contribution in [0.4, 0.5) is 0 Å². The summed E-state index contributed by atoms with van der Waals surface area (Å²) in [5.41, 5.74) is -0.999. The topological polar surface area (TPSA) is 88.2 Å². The fourth-order valence-corrected chi connectivity index (χ4v) is 1.97. The molecular weight excluding hydrogens is 246 g/mol. The quantitative estimate of drug-likeness (QED) is 0.834. The molecule has 0 amide bonds. The second-order valence-electron chi connectivity index (χ2n) is 4.44. The first-order valence-corrected chi connectivity index (χ1v) is 5.87. The Kier molecular flexibility index (Phi) is 3.62. The Balaban J connectivity index is 2.41. The molecule has 1 aromatic carbocycles. The van der Waals surface area contributed by atoms with Gasteiger partial charge in [0.1, 0.15) is 18.3 Å². The molecule has 2 unspecified atom stereocenters. The average Bonchev–Trinajstić information content (AvgIpc) is 2.91. The zero-order valence-electron chi connectivity index (χ0n) is 10.5. The molecule has 0 aliphatic rings. The fourth-order valence-electron chi connectivity index (χ4n) is 1.97. The van der Waals surface area contributed by atoms with Crippen LogP contribution in [0.25, 0.3) is 0 Å². The number of aromatic nitrogens is 3. The van der Waals surface area contributed by atoms with Gasteiger partial charge in [-0.25, -0.2) is 9.67 Å². The number of benzene rings is 1. The van der Waals surface area contributed by atoms with Gasteiger partial charge in [0.15, 0.2) is 0 Å². The molecule has 2 atom stereocenters. The monoisotopic (exact) mass is 261 g/mol. The molecule has 0 radical (unpaired) electrons. The number of rotatable bonds is 5. The summed E-state index contributed by atoms with van der Waals surface area (Å²) >= 11 is 0. The van der Waals surface area contributed by atoms with Crippen molar-refractivity contribution in [2.75, 3.05) is 0 Å². The van der Waals surface area contributed by atoms with Gasteiger partial charge in [0.05, 0.1) is 12.5 Å². The van der Waals surface area contributed by atoms with Crippen molar-refractivity contribution in [3.8, 4) is 0 Å². The van der Waals surface area contributed by atoms with Crippen molar-refractivity contribution >= 4 is 5.97 Å². The van der Waals surface area contributed by atoms with E-state index in [2.05, 4.69) is 10.1 Å².